The summed E-state index contributed by atoms with van der Waals surface area (Å²) in [4.78, 5) is 12.6. The van der Waals surface area contributed by atoms with Crippen LogP contribution in [0.2, 0.25) is 0 Å². The van der Waals surface area contributed by atoms with E-state index in [2.05, 4.69) is 10.2 Å². The summed E-state index contributed by atoms with van der Waals surface area (Å²) in [6.45, 7) is 2.40. The Kier molecular flexibility index (Phi) is 4.33. The van der Waals surface area contributed by atoms with Gasteiger partial charge >= 0.3 is 5.97 Å². The van der Waals surface area contributed by atoms with E-state index in [4.69, 9.17) is 9.52 Å². The Labute approximate surface area is 88.7 Å². The smallest absolute Gasteiger partial charge is 0.338 e. The van der Waals surface area contributed by atoms with E-state index in [1.807, 2.05) is 14.1 Å². The number of carbonyl (C=O) groups is 1. The van der Waals surface area contributed by atoms with Crippen LogP contribution in [0.25, 0.3) is 0 Å². The minimum Gasteiger partial charge on any atom is -0.478 e. The molecular formula is C10H16N2O3. The predicted octanol–water partition coefficient (Wildman–Crippen LogP) is 0.629. The molecule has 0 aliphatic carbocycles. The second kappa shape index (κ2) is 5.53. The molecule has 0 fully saturated rings. The van der Waals surface area contributed by atoms with Crippen molar-refractivity contribution >= 4 is 5.97 Å². The van der Waals surface area contributed by atoms with Gasteiger partial charge < -0.3 is 14.8 Å². The summed E-state index contributed by atoms with van der Waals surface area (Å²) >= 11 is 0. The minimum atomic E-state index is -0.956. The van der Waals surface area contributed by atoms with Gasteiger partial charge in [-0.25, -0.2) is 4.79 Å². The molecule has 0 aliphatic rings. The number of furan rings is 1. The van der Waals surface area contributed by atoms with Crippen molar-refractivity contribution in [3.8, 4) is 0 Å². The molecule has 1 heterocycles. The maximum atomic E-state index is 10.6. The van der Waals surface area contributed by atoms with Gasteiger partial charge in [0.1, 0.15) is 12.0 Å². The first kappa shape index (κ1) is 11.7. The fourth-order valence-electron chi connectivity index (χ4n) is 1.22. The molecule has 0 radical (unpaired) electrons. The Morgan fingerprint density at radius 3 is 2.93 bits per heavy atom. The van der Waals surface area contributed by atoms with Crippen molar-refractivity contribution in [1.82, 2.24) is 10.2 Å². The third-order valence-corrected chi connectivity index (χ3v) is 2.07. The Morgan fingerprint density at radius 2 is 2.40 bits per heavy atom. The molecule has 0 bridgehead atoms. The van der Waals surface area contributed by atoms with E-state index in [1.54, 1.807) is 6.07 Å². The number of hydrogen-bond donors (Lipinski definition) is 2. The number of carboxylic acids is 1. The molecule has 0 saturated heterocycles. The molecule has 0 aromatic carbocycles. The highest BCUT2D eigenvalue weighted by Gasteiger charge is 2.09. The average Bonchev–Trinajstić information content (AvgIpc) is 2.63. The molecule has 0 unspecified atom stereocenters. The summed E-state index contributed by atoms with van der Waals surface area (Å²) in [5.41, 5.74) is 0.201. The standard InChI is InChI=1S/C10H16N2O3/c1-11-3-4-12(2)6-9-5-8(7-15-9)10(13)14/h5,7,11H,3-4,6H2,1-2H3,(H,13,14). The highest BCUT2D eigenvalue weighted by atomic mass is 16.4. The topological polar surface area (TPSA) is 65.7 Å². The van der Waals surface area contributed by atoms with Crippen molar-refractivity contribution in [1.29, 1.82) is 0 Å². The lowest BCUT2D eigenvalue weighted by molar-refractivity contribution is 0.0696. The van der Waals surface area contributed by atoms with Gasteiger partial charge in [0.2, 0.25) is 0 Å². The molecule has 0 amide bonds. The molecule has 0 spiro atoms. The van der Waals surface area contributed by atoms with Crippen molar-refractivity contribution in [2.75, 3.05) is 27.2 Å². The molecule has 1 rings (SSSR count). The Bertz CT molecular complexity index is 322. The van der Waals surface area contributed by atoms with E-state index in [1.165, 1.54) is 6.26 Å². The van der Waals surface area contributed by atoms with Crippen molar-refractivity contribution in [2.24, 2.45) is 0 Å². The number of likely N-dealkylation sites (N-methyl/N-ethyl adjacent to an activating group) is 2. The highest BCUT2D eigenvalue weighted by Crippen LogP contribution is 2.09. The number of hydrogen-bond acceptors (Lipinski definition) is 4. The lowest BCUT2D eigenvalue weighted by Crippen LogP contribution is -2.26. The molecule has 84 valence electrons. The van der Waals surface area contributed by atoms with Gasteiger partial charge in [-0.1, -0.05) is 0 Å². The van der Waals surface area contributed by atoms with Crippen LogP contribution in [0.4, 0.5) is 0 Å². The van der Waals surface area contributed by atoms with Crippen LogP contribution < -0.4 is 5.32 Å². The maximum absolute atomic E-state index is 10.6. The van der Waals surface area contributed by atoms with Crippen molar-refractivity contribution in [3.05, 3.63) is 23.7 Å². The lowest BCUT2D eigenvalue weighted by atomic mass is 10.3. The van der Waals surface area contributed by atoms with Crippen molar-refractivity contribution in [3.63, 3.8) is 0 Å². The molecule has 1 aromatic rings. The van der Waals surface area contributed by atoms with Crippen LogP contribution in [0, 0.1) is 0 Å². The zero-order valence-electron chi connectivity index (χ0n) is 8.99. The van der Waals surface area contributed by atoms with Crippen LogP contribution in [0.3, 0.4) is 0 Å². The number of rotatable bonds is 6. The van der Waals surface area contributed by atoms with Gasteiger partial charge in [0.25, 0.3) is 0 Å². The molecule has 5 heteroatoms. The second-order valence-corrected chi connectivity index (χ2v) is 3.45. The molecule has 0 atom stereocenters. The van der Waals surface area contributed by atoms with Gasteiger partial charge in [-0.05, 0) is 20.2 Å². The van der Waals surface area contributed by atoms with Crippen molar-refractivity contribution in [2.45, 2.75) is 6.54 Å². The lowest BCUT2D eigenvalue weighted by Gasteiger charge is -2.13. The first-order valence-electron chi connectivity index (χ1n) is 4.77. The van der Waals surface area contributed by atoms with Crippen LogP contribution in [0.15, 0.2) is 16.7 Å². The molecule has 1 aromatic heterocycles. The zero-order valence-corrected chi connectivity index (χ0v) is 8.99. The minimum absolute atomic E-state index is 0.201. The molecule has 0 saturated carbocycles. The van der Waals surface area contributed by atoms with E-state index in [9.17, 15) is 4.79 Å². The Hall–Kier alpha value is -1.33. The Morgan fingerprint density at radius 1 is 1.67 bits per heavy atom. The number of aromatic carboxylic acids is 1. The second-order valence-electron chi connectivity index (χ2n) is 3.45. The van der Waals surface area contributed by atoms with E-state index >= 15 is 0 Å². The van der Waals surface area contributed by atoms with Crippen LogP contribution >= 0.6 is 0 Å². The third-order valence-electron chi connectivity index (χ3n) is 2.07. The summed E-state index contributed by atoms with van der Waals surface area (Å²) in [7, 11) is 3.85. The number of nitrogens with one attached hydrogen (secondary N) is 1. The fourth-order valence-corrected chi connectivity index (χ4v) is 1.22. The largest absolute Gasteiger partial charge is 0.478 e. The summed E-state index contributed by atoms with van der Waals surface area (Å²) in [6.07, 6.45) is 1.27. The average molecular weight is 212 g/mol. The van der Waals surface area contributed by atoms with Crippen molar-refractivity contribution < 1.29 is 14.3 Å². The third kappa shape index (κ3) is 3.73. The number of nitrogens with zero attached hydrogens (tertiary/aromatic N) is 1. The summed E-state index contributed by atoms with van der Waals surface area (Å²) in [5.74, 6) is -0.283. The van der Waals surface area contributed by atoms with Gasteiger partial charge in [0.15, 0.2) is 0 Å². The molecule has 5 nitrogen and oxygen atoms in total. The first-order chi connectivity index (χ1) is 7.13. The van der Waals surface area contributed by atoms with Crippen LogP contribution in [-0.4, -0.2) is 43.2 Å². The highest BCUT2D eigenvalue weighted by molar-refractivity contribution is 5.87. The Balaban J connectivity index is 2.46. The van der Waals surface area contributed by atoms with Gasteiger partial charge in [-0.2, -0.15) is 0 Å². The fraction of sp³-hybridized carbons (Fsp3) is 0.500. The van der Waals surface area contributed by atoms with Crippen LogP contribution in [-0.2, 0) is 6.54 Å². The molecular weight excluding hydrogens is 196 g/mol. The van der Waals surface area contributed by atoms with Crippen LogP contribution in [0.5, 0.6) is 0 Å². The van der Waals surface area contributed by atoms with Gasteiger partial charge in [0, 0.05) is 13.1 Å². The quantitative estimate of drug-likeness (QED) is 0.724. The summed E-state index contributed by atoms with van der Waals surface area (Å²) < 4.78 is 5.13. The van der Waals surface area contributed by atoms with E-state index < -0.39 is 5.97 Å². The van der Waals surface area contributed by atoms with E-state index in [-0.39, 0.29) is 5.56 Å². The van der Waals surface area contributed by atoms with Crippen LogP contribution in [0.1, 0.15) is 16.1 Å². The molecule has 2 N–H and O–H groups in total. The van der Waals surface area contributed by atoms with Gasteiger partial charge in [0.05, 0.1) is 12.1 Å². The SMILES string of the molecule is CNCCN(C)Cc1cc(C(=O)O)co1. The zero-order chi connectivity index (χ0) is 11.3. The normalized spacial score (nSPS) is 10.9. The van der Waals surface area contributed by atoms with E-state index in [0.717, 1.165) is 13.1 Å². The maximum Gasteiger partial charge on any atom is 0.338 e. The van der Waals surface area contributed by atoms with E-state index in [0.29, 0.717) is 12.3 Å². The molecule has 0 aliphatic heterocycles. The summed E-state index contributed by atoms with van der Waals surface area (Å²) in [5, 5.41) is 11.7. The van der Waals surface area contributed by atoms with Gasteiger partial charge in [-0.3, -0.25) is 4.90 Å². The van der Waals surface area contributed by atoms with Gasteiger partial charge in [-0.15, -0.1) is 0 Å². The first-order valence-corrected chi connectivity index (χ1v) is 4.77. The number of carboxylic acid groups (broad SMARTS) is 1. The predicted molar refractivity (Wildman–Crippen MR) is 55.9 cm³/mol. The monoisotopic (exact) mass is 212 g/mol. The summed E-state index contributed by atoms with van der Waals surface area (Å²) in [6, 6.07) is 1.55. The molecule has 15 heavy (non-hydrogen) atoms.